The molecule has 0 bridgehead atoms. The monoisotopic (exact) mass is 380 g/mol. The van der Waals surface area contributed by atoms with Crippen molar-refractivity contribution in [3.63, 3.8) is 0 Å². The van der Waals surface area contributed by atoms with E-state index in [4.69, 9.17) is 5.26 Å². The van der Waals surface area contributed by atoms with Gasteiger partial charge in [-0.25, -0.2) is 9.97 Å². The number of thiocyanates is 1. The number of thioether (sulfide) groups is 2. The minimum atomic E-state index is -0.145. The van der Waals surface area contributed by atoms with E-state index in [0.29, 0.717) is 10.8 Å². The van der Waals surface area contributed by atoms with Gasteiger partial charge >= 0.3 is 0 Å². The first-order chi connectivity index (χ1) is 10.2. The predicted molar refractivity (Wildman–Crippen MR) is 87.0 cm³/mol. The molecule has 8 heteroatoms. The van der Waals surface area contributed by atoms with Gasteiger partial charge in [0.05, 0.1) is 11.4 Å². The van der Waals surface area contributed by atoms with Crippen LogP contribution in [0, 0.1) is 10.7 Å². The van der Waals surface area contributed by atoms with Gasteiger partial charge in [0.25, 0.3) is 0 Å². The average molecular weight is 381 g/mol. The van der Waals surface area contributed by atoms with Gasteiger partial charge < -0.3 is 5.32 Å². The predicted octanol–water partition coefficient (Wildman–Crippen LogP) is 3.54. The second kappa shape index (κ2) is 8.02. The number of rotatable bonds is 5. The van der Waals surface area contributed by atoms with Gasteiger partial charge in [-0.2, -0.15) is 5.26 Å². The lowest BCUT2D eigenvalue weighted by molar-refractivity contribution is -0.113. The molecule has 21 heavy (non-hydrogen) atoms. The second-order valence-corrected chi connectivity index (χ2v) is 6.36. The lowest BCUT2D eigenvalue weighted by atomic mass is 10.3. The van der Waals surface area contributed by atoms with Gasteiger partial charge in [0.1, 0.15) is 5.40 Å². The van der Waals surface area contributed by atoms with Gasteiger partial charge in [0.2, 0.25) is 5.91 Å². The first kappa shape index (κ1) is 15.8. The second-order valence-electron chi connectivity index (χ2n) is 3.70. The highest BCUT2D eigenvalue weighted by Crippen LogP contribution is 2.28. The molecule has 0 spiro atoms. The van der Waals surface area contributed by atoms with E-state index in [0.717, 1.165) is 21.1 Å². The van der Waals surface area contributed by atoms with Gasteiger partial charge in [-0.3, -0.25) is 4.79 Å². The molecule has 0 fully saturated rings. The number of carbonyl (C=O) groups is 1. The maximum absolute atomic E-state index is 11.9. The molecule has 0 atom stereocenters. The molecular formula is C13H9BrN4OS2. The Morgan fingerprint density at radius 2 is 2.14 bits per heavy atom. The summed E-state index contributed by atoms with van der Waals surface area (Å²) in [6, 6.07) is 7.05. The van der Waals surface area contributed by atoms with Gasteiger partial charge in [-0.15, -0.1) is 0 Å². The van der Waals surface area contributed by atoms with Crippen LogP contribution in [0.5, 0.6) is 0 Å². The number of anilines is 1. The summed E-state index contributed by atoms with van der Waals surface area (Å²) in [5.41, 5.74) is 0.664. The average Bonchev–Trinajstić information content (AvgIpc) is 2.49. The molecule has 1 amide bonds. The third-order valence-corrected chi connectivity index (χ3v) is 4.37. The summed E-state index contributed by atoms with van der Waals surface area (Å²) in [7, 11) is 0. The largest absolute Gasteiger partial charge is 0.324 e. The van der Waals surface area contributed by atoms with E-state index in [-0.39, 0.29) is 11.7 Å². The summed E-state index contributed by atoms with van der Waals surface area (Å²) in [5, 5.41) is 14.0. The lowest BCUT2D eigenvalue weighted by Crippen LogP contribution is -2.14. The molecule has 0 aliphatic rings. The number of hydrogen-bond donors (Lipinski definition) is 1. The van der Waals surface area contributed by atoms with E-state index < -0.39 is 0 Å². The van der Waals surface area contributed by atoms with Gasteiger partial charge in [0, 0.05) is 21.8 Å². The molecule has 0 unspecified atom stereocenters. The Bertz CT molecular complexity index is 676. The fraction of sp³-hybridized carbons (Fsp3) is 0.0769. The fourth-order valence-corrected chi connectivity index (χ4v) is 3.04. The number of halogens is 1. The smallest absolute Gasteiger partial charge is 0.234 e. The number of nitrogens with one attached hydrogen (secondary N) is 1. The molecule has 1 heterocycles. The summed E-state index contributed by atoms with van der Waals surface area (Å²) in [6.45, 7) is 0. The molecule has 2 rings (SSSR count). The van der Waals surface area contributed by atoms with E-state index >= 15 is 0 Å². The Balaban J connectivity index is 1.92. The molecule has 5 nitrogen and oxygen atoms in total. The minimum Gasteiger partial charge on any atom is -0.324 e. The first-order valence-corrected chi connectivity index (χ1v) is 8.33. The van der Waals surface area contributed by atoms with Crippen molar-refractivity contribution in [2.75, 3.05) is 11.1 Å². The zero-order chi connectivity index (χ0) is 15.1. The van der Waals surface area contributed by atoms with Crippen molar-refractivity contribution in [3.05, 3.63) is 41.1 Å². The van der Waals surface area contributed by atoms with Crippen molar-refractivity contribution in [1.82, 2.24) is 9.97 Å². The zero-order valence-electron chi connectivity index (χ0n) is 10.6. The molecule has 1 N–H and O–H groups in total. The lowest BCUT2D eigenvalue weighted by Gasteiger charge is -2.07. The van der Waals surface area contributed by atoms with Gasteiger partial charge in [0.15, 0.2) is 5.16 Å². The molecule has 2 aromatic rings. The third kappa shape index (κ3) is 5.04. The van der Waals surface area contributed by atoms with Crippen LogP contribution in [0.3, 0.4) is 0 Å². The van der Waals surface area contributed by atoms with Crippen molar-refractivity contribution >= 4 is 51.0 Å². The van der Waals surface area contributed by atoms with Crippen LogP contribution in [0.1, 0.15) is 0 Å². The SMILES string of the molecule is N#CSc1ccc(NC(=O)CSc2ncccn2)c(Br)c1. The summed E-state index contributed by atoms with van der Waals surface area (Å²) in [6.07, 6.45) is 3.27. The highest BCUT2D eigenvalue weighted by atomic mass is 79.9. The summed E-state index contributed by atoms with van der Waals surface area (Å²) in [5.74, 6) is 0.0827. The van der Waals surface area contributed by atoms with Crippen LogP contribution in [0.2, 0.25) is 0 Å². The van der Waals surface area contributed by atoms with Crippen molar-refractivity contribution < 1.29 is 4.79 Å². The number of nitriles is 1. The van der Waals surface area contributed by atoms with Gasteiger partial charge in [-0.1, -0.05) is 11.8 Å². The Kier molecular flexibility index (Phi) is 6.04. The van der Waals surface area contributed by atoms with Crippen molar-refractivity contribution in [2.24, 2.45) is 0 Å². The normalized spacial score (nSPS) is 9.90. The van der Waals surface area contributed by atoms with Crippen LogP contribution in [-0.2, 0) is 4.79 Å². The highest BCUT2D eigenvalue weighted by Gasteiger charge is 2.08. The topological polar surface area (TPSA) is 78.7 Å². The Labute approximate surface area is 138 Å². The third-order valence-electron chi connectivity index (χ3n) is 2.25. The molecule has 0 aliphatic heterocycles. The molecular weight excluding hydrogens is 372 g/mol. The molecule has 0 radical (unpaired) electrons. The fourth-order valence-electron chi connectivity index (χ4n) is 1.39. The number of aromatic nitrogens is 2. The van der Waals surface area contributed by atoms with E-state index in [1.807, 2.05) is 5.40 Å². The number of hydrogen-bond acceptors (Lipinski definition) is 6. The van der Waals surface area contributed by atoms with Crippen LogP contribution >= 0.6 is 39.5 Å². The van der Waals surface area contributed by atoms with Crippen LogP contribution < -0.4 is 5.32 Å². The van der Waals surface area contributed by atoms with Crippen LogP contribution in [0.15, 0.2) is 51.2 Å². The molecule has 1 aromatic heterocycles. The molecule has 106 valence electrons. The number of nitrogens with zero attached hydrogens (tertiary/aromatic N) is 3. The Morgan fingerprint density at radius 3 is 2.81 bits per heavy atom. The molecule has 1 aromatic carbocycles. The number of benzene rings is 1. The Morgan fingerprint density at radius 1 is 1.38 bits per heavy atom. The van der Waals surface area contributed by atoms with Crippen LogP contribution in [-0.4, -0.2) is 21.6 Å². The maximum Gasteiger partial charge on any atom is 0.234 e. The first-order valence-electron chi connectivity index (χ1n) is 5.74. The summed E-state index contributed by atoms with van der Waals surface area (Å²) >= 11 is 5.71. The summed E-state index contributed by atoms with van der Waals surface area (Å²) in [4.78, 5) is 20.8. The molecule has 0 saturated carbocycles. The molecule has 0 saturated heterocycles. The van der Waals surface area contributed by atoms with E-state index in [2.05, 4.69) is 31.2 Å². The quantitative estimate of drug-likeness (QED) is 0.485. The van der Waals surface area contributed by atoms with Crippen molar-refractivity contribution in [2.45, 2.75) is 10.1 Å². The standard InChI is InChI=1S/C13H9BrN4OS2/c14-10-6-9(21-8-15)2-3-11(10)18-12(19)7-20-13-16-4-1-5-17-13/h1-6H,7H2,(H,18,19). The number of carbonyl (C=O) groups excluding carboxylic acids is 1. The summed E-state index contributed by atoms with van der Waals surface area (Å²) < 4.78 is 0.733. The number of amides is 1. The van der Waals surface area contributed by atoms with E-state index in [1.165, 1.54) is 11.8 Å². The van der Waals surface area contributed by atoms with Gasteiger partial charge in [-0.05, 0) is 52.0 Å². The Hall–Kier alpha value is -1.56. The zero-order valence-corrected chi connectivity index (χ0v) is 13.8. The van der Waals surface area contributed by atoms with Crippen LogP contribution in [0.25, 0.3) is 0 Å². The van der Waals surface area contributed by atoms with E-state index in [1.54, 1.807) is 36.7 Å². The minimum absolute atomic E-state index is 0.145. The maximum atomic E-state index is 11.9. The highest BCUT2D eigenvalue weighted by molar-refractivity contribution is 9.10. The van der Waals surface area contributed by atoms with E-state index in [9.17, 15) is 4.79 Å². The molecule has 0 aliphatic carbocycles. The van der Waals surface area contributed by atoms with Crippen molar-refractivity contribution in [1.29, 1.82) is 5.26 Å². The van der Waals surface area contributed by atoms with Crippen LogP contribution in [0.4, 0.5) is 5.69 Å². The van der Waals surface area contributed by atoms with Crippen molar-refractivity contribution in [3.8, 4) is 5.40 Å².